The van der Waals surface area contributed by atoms with Crippen molar-refractivity contribution in [3.05, 3.63) is 45.4 Å². The molecule has 0 aliphatic rings. The lowest BCUT2D eigenvalue weighted by Gasteiger charge is -2.16. The van der Waals surface area contributed by atoms with Gasteiger partial charge < -0.3 is 10.6 Å². The maximum atomic E-state index is 13.1. The van der Waals surface area contributed by atoms with E-state index in [1.54, 1.807) is 11.9 Å². The van der Waals surface area contributed by atoms with Crippen molar-refractivity contribution in [2.24, 2.45) is 0 Å². The number of carbonyl (C=O) groups is 1. The minimum absolute atomic E-state index is 0.0480. The summed E-state index contributed by atoms with van der Waals surface area (Å²) in [6.07, 6.45) is 0. The summed E-state index contributed by atoms with van der Waals surface area (Å²) in [6.45, 7) is 0.509. The Morgan fingerprint density at radius 2 is 2.19 bits per heavy atom. The quantitative estimate of drug-likeness (QED) is 0.661. The smallest absolute Gasteiger partial charge is 0.233 e. The van der Waals surface area contributed by atoms with Crippen LogP contribution in [0.25, 0.3) is 0 Å². The molecule has 0 unspecified atom stereocenters. The highest BCUT2D eigenvalue weighted by atomic mass is 35.5. The zero-order chi connectivity index (χ0) is 15.4. The van der Waals surface area contributed by atoms with Crippen LogP contribution in [0.3, 0.4) is 0 Å². The van der Waals surface area contributed by atoms with E-state index in [-0.39, 0.29) is 17.5 Å². The van der Waals surface area contributed by atoms with Crippen LogP contribution in [0.5, 0.6) is 0 Å². The molecule has 0 aliphatic carbocycles. The summed E-state index contributed by atoms with van der Waals surface area (Å²) in [4.78, 5) is 15.3. The van der Waals surface area contributed by atoms with Gasteiger partial charge in [-0.1, -0.05) is 11.6 Å². The number of hydrogen-bond donors (Lipinski definition) is 1. The highest BCUT2D eigenvalue weighted by molar-refractivity contribution is 8.00. The van der Waals surface area contributed by atoms with E-state index in [2.05, 4.69) is 0 Å². The molecule has 1 aromatic heterocycles. The largest absolute Gasteiger partial charge is 0.398 e. The number of halogens is 2. The summed E-state index contributed by atoms with van der Waals surface area (Å²) in [5.74, 6) is -0.197. The Balaban J connectivity index is 1.90. The number of rotatable bonds is 5. The Morgan fingerprint density at radius 1 is 1.43 bits per heavy atom. The van der Waals surface area contributed by atoms with Crippen molar-refractivity contribution in [3.8, 4) is 0 Å². The summed E-state index contributed by atoms with van der Waals surface area (Å²) in [7, 11) is 1.73. The Morgan fingerprint density at radius 3 is 2.86 bits per heavy atom. The van der Waals surface area contributed by atoms with Crippen LogP contribution in [0, 0.1) is 5.82 Å². The van der Waals surface area contributed by atoms with E-state index in [1.807, 2.05) is 12.1 Å². The molecule has 0 atom stereocenters. The van der Waals surface area contributed by atoms with Crippen molar-refractivity contribution in [3.63, 3.8) is 0 Å². The second-order valence-electron chi connectivity index (χ2n) is 4.43. The van der Waals surface area contributed by atoms with E-state index in [0.717, 1.165) is 4.88 Å². The molecule has 0 fully saturated rings. The van der Waals surface area contributed by atoms with Crippen LogP contribution in [0.4, 0.5) is 10.1 Å². The molecule has 0 spiro atoms. The highest BCUT2D eigenvalue weighted by Crippen LogP contribution is 2.26. The zero-order valence-corrected chi connectivity index (χ0v) is 13.7. The van der Waals surface area contributed by atoms with E-state index in [9.17, 15) is 9.18 Å². The lowest BCUT2D eigenvalue weighted by molar-refractivity contribution is -0.127. The molecule has 1 amide bonds. The Kier molecular flexibility index (Phi) is 5.50. The predicted octanol–water partition coefficient (Wildman–Crippen LogP) is 3.87. The van der Waals surface area contributed by atoms with Crippen molar-refractivity contribution in [2.45, 2.75) is 11.4 Å². The van der Waals surface area contributed by atoms with E-state index in [1.165, 1.54) is 41.3 Å². The van der Waals surface area contributed by atoms with Gasteiger partial charge in [-0.2, -0.15) is 0 Å². The highest BCUT2D eigenvalue weighted by Gasteiger charge is 2.12. The molecule has 0 radical (unpaired) electrons. The van der Waals surface area contributed by atoms with Gasteiger partial charge in [-0.25, -0.2) is 4.39 Å². The van der Waals surface area contributed by atoms with Crippen molar-refractivity contribution >= 4 is 46.3 Å². The summed E-state index contributed by atoms with van der Waals surface area (Å²) >= 11 is 8.54. The lowest BCUT2D eigenvalue weighted by Crippen LogP contribution is -2.27. The Bertz CT molecular complexity index is 648. The van der Waals surface area contributed by atoms with Crippen molar-refractivity contribution in [2.75, 3.05) is 18.5 Å². The van der Waals surface area contributed by atoms with Crippen LogP contribution in [0.15, 0.2) is 35.2 Å². The summed E-state index contributed by atoms with van der Waals surface area (Å²) < 4.78 is 13.8. The second kappa shape index (κ2) is 7.15. The molecule has 0 aliphatic heterocycles. The number of carbonyl (C=O) groups excluding carboxylic acids is 1. The first kappa shape index (κ1) is 16.1. The van der Waals surface area contributed by atoms with E-state index >= 15 is 0 Å². The Labute approximate surface area is 135 Å². The van der Waals surface area contributed by atoms with Crippen molar-refractivity contribution in [1.82, 2.24) is 4.90 Å². The number of thiophene rings is 1. The van der Waals surface area contributed by atoms with Crippen LogP contribution in [0.2, 0.25) is 4.34 Å². The minimum Gasteiger partial charge on any atom is -0.398 e. The SMILES string of the molecule is CN(Cc1ccc(Cl)s1)C(=O)CSc1cc(F)ccc1N. The molecule has 3 nitrogen and oxygen atoms in total. The normalized spacial score (nSPS) is 10.6. The molecule has 7 heteroatoms. The van der Waals surface area contributed by atoms with Gasteiger partial charge in [0.15, 0.2) is 0 Å². The predicted molar refractivity (Wildman–Crippen MR) is 87.3 cm³/mol. The van der Waals surface area contributed by atoms with Crippen molar-refractivity contribution < 1.29 is 9.18 Å². The number of amides is 1. The standard InChI is InChI=1S/C14H14ClFN2OS2/c1-18(7-10-3-5-13(15)21-10)14(19)8-20-12-6-9(16)2-4-11(12)17/h2-6H,7-8,17H2,1H3. The fraction of sp³-hybridized carbons (Fsp3) is 0.214. The zero-order valence-electron chi connectivity index (χ0n) is 11.3. The molecular formula is C14H14ClFN2OS2. The number of nitrogens with two attached hydrogens (primary N) is 1. The first-order chi connectivity index (χ1) is 9.95. The first-order valence-electron chi connectivity index (χ1n) is 6.11. The van der Waals surface area contributed by atoms with Gasteiger partial charge in [-0.3, -0.25) is 4.79 Å². The maximum absolute atomic E-state index is 13.1. The number of anilines is 1. The number of nitrogens with zero attached hydrogens (tertiary/aromatic N) is 1. The number of benzene rings is 1. The van der Waals surface area contributed by atoms with Gasteiger partial charge in [0.25, 0.3) is 0 Å². The van der Waals surface area contributed by atoms with Gasteiger partial charge >= 0.3 is 0 Å². The average molecular weight is 345 g/mol. The van der Waals surface area contributed by atoms with Crippen LogP contribution in [-0.2, 0) is 11.3 Å². The van der Waals surface area contributed by atoms with Gasteiger partial charge in [0.1, 0.15) is 5.82 Å². The van der Waals surface area contributed by atoms with E-state index in [4.69, 9.17) is 17.3 Å². The summed E-state index contributed by atoms with van der Waals surface area (Å²) in [5.41, 5.74) is 6.23. The molecule has 0 bridgehead atoms. The minimum atomic E-state index is -0.360. The average Bonchev–Trinajstić information content (AvgIpc) is 2.84. The molecule has 0 saturated heterocycles. The molecule has 2 rings (SSSR count). The molecule has 1 heterocycles. The van der Waals surface area contributed by atoms with E-state index in [0.29, 0.717) is 21.5 Å². The first-order valence-corrected chi connectivity index (χ1v) is 8.29. The fourth-order valence-corrected chi connectivity index (χ4v) is 3.71. The van der Waals surface area contributed by atoms with Gasteiger partial charge in [0.05, 0.1) is 16.6 Å². The third-order valence-electron chi connectivity index (χ3n) is 2.77. The number of thioether (sulfide) groups is 1. The second-order valence-corrected chi connectivity index (χ2v) is 7.24. The van der Waals surface area contributed by atoms with Crippen LogP contribution < -0.4 is 5.73 Å². The monoisotopic (exact) mass is 344 g/mol. The van der Waals surface area contributed by atoms with Crippen LogP contribution in [0.1, 0.15) is 4.88 Å². The van der Waals surface area contributed by atoms with Crippen LogP contribution in [-0.4, -0.2) is 23.6 Å². The molecule has 2 N–H and O–H groups in total. The van der Waals surface area contributed by atoms with Gasteiger partial charge in [0, 0.05) is 22.5 Å². The van der Waals surface area contributed by atoms with Gasteiger partial charge in [-0.05, 0) is 30.3 Å². The third-order valence-corrected chi connectivity index (χ3v) is 5.05. The summed E-state index contributed by atoms with van der Waals surface area (Å²) in [6, 6.07) is 7.84. The molecule has 21 heavy (non-hydrogen) atoms. The lowest BCUT2D eigenvalue weighted by atomic mass is 10.3. The molecule has 2 aromatic rings. The number of nitrogen functional groups attached to an aromatic ring is 1. The van der Waals surface area contributed by atoms with Crippen molar-refractivity contribution in [1.29, 1.82) is 0 Å². The topological polar surface area (TPSA) is 46.3 Å². The third kappa shape index (κ3) is 4.62. The molecular weight excluding hydrogens is 331 g/mol. The van der Waals surface area contributed by atoms with E-state index < -0.39 is 0 Å². The molecule has 1 aromatic carbocycles. The molecule has 0 saturated carbocycles. The molecule has 112 valence electrons. The fourth-order valence-electron chi connectivity index (χ4n) is 1.64. The van der Waals surface area contributed by atoms with Gasteiger partial charge in [-0.15, -0.1) is 23.1 Å². The number of hydrogen-bond acceptors (Lipinski definition) is 4. The van der Waals surface area contributed by atoms with Crippen LogP contribution >= 0.6 is 34.7 Å². The summed E-state index contributed by atoms with van der Waals surface area (Å²) in [5, 5.41) is 0. The Hall–Kier alpha value is -1.24. The van der Waals surface area contributed by atoms with Gasteiger partial charge in [0.2, 0.25) is 5.91 Å². The maximum Gasteiger partial charge on any atom is 0.233 e.